The van der Waals surface area contributed by atoms with E-state index >= 15 is 0 Å². The van der Waals surface area contributed by atoms with Gasteiger partial charge in [-0.05, 0) is 13.0 Å². The second-order valence-electron chi connectivity index (χ2n) is 3.37. The van der Waals surface area contributed by atoms with E-state index in [9.17, 15) is 4.79 Å². The average molecular weight is 208 g/mol. The maximum absolute atomic E-state index is 11.6. The molecule has 0 saturated carbocycles. The second-order valence-corrected chi connectivity index (χ2v) is 4.79. The van der Waals surface area contributed by atoms with Crippen LogP contribution in [-0.2, 0) is 4.79 Å². The minimum absolute atomic E-state index is 0.0604. The predicted octanol–water partition coefficient (Wildman–Crippen LogP) is 1.67. The molecule has 0 unspecified atom stereocenters. The largest absolute Gasteiger partial charge is 0.329 e. The fourth-order valence-corrected chi connectivity index (χ4v) is 2.82. The molecule has 0 aliphatic carbocycles. The van der Waals surface area contributed by atoms with E-state index in [-0.39, 0.29) is 16.5 Å². The van der Waals surface area contributed by atoms with Crippen LogP contribution in [-0.4, -0.2) is 28.1 Å². The summed E-state index contributed by atoms with van der Waals surface area (Å²) in [5.41, 5.74) is 1.10. The van der Waals surface area contributed by atoms with Crippen LogP contribution in [0.4, 0.5) is 0 Å². The molecule has 0 radical (unpaired) electrons. The molecular formula is C10H12N2OS. The molecule has 1 aliphatic heterocycles. The molecule has 1 aromatic rings. The molecule has 0 bridgehead atoms. The van der Waals surface area contributed by atoms with E-state index in [0.29, 0.717) is 0 Å². The Morgan fingerprint density at radius 2 is 2.36 bits per heavy atom. The third-order valence-corrected chi connectivity index (χ3v) is 3.81. The molecule has 1 fully saturated rings. The Morgan fingerprint density at radius 3 is 2.86 bits per heavy atom. The maximum Gasteiger partial charge on any atom is 0.236 e. The van der Waals surface area contributed by atoms with Crippen LogP contribution in [0, 0.1) is 0 Å². The zero-order chi connectivity index (χ0) is 10.1. The summed E-state index contributed by atoms with van der Waals surface area (Å²) in [5, 5.41) is 0.191. The predicted molar refractivity (Wildman–Crippen MR) is 56.8 cm³/mol. The van der Waals surface area contributed by atoms with Crippen LogP contribution < -0.4 is 0 Å². The van der Waals surface area contributed by atoms with Crippen molar-refractivity contribution < 1.29 is 4.79 Å². The number of rotatable bonds is 1. The number of pyridine rings is 1. The quantitative estimate of drug-likeness (QED) is 0.704. The summed E-state index contributed by atoms with van der Waals surface area (Å²) in [5.74, 6) is 0.198. The molecule has 3 nitrogen and oxygen atoms in total. The van der Waals surface area contributed by atoms with Crippen molar-refractivity contribution in [2.24, 2.45) is 0 Å². The molecule has 74 valence electrons. The number of hydrogen-bond acceptors (Lipinski definition) is 3. The van der Waals surface area contributed by atoms with Gasteiger partial charge in [-0.1, -0.05) is 6.07 Å². The molecule has 14 heavy (non-hydrogen) atoms. The average Bonchev–Trinajstić information content (AvgIpc) is 2.47. The number of thioether (sulfide) groups is 1. The molecule has 0 spiro atoms. The Bertz CT molecular complexity index is 341. The fourth-order valence-electron chi connectivity index (χ4n) is 1.57. The van der Waals surface area contributed by atoms with Crippen LogP contribution in [0.2, 0.25) is 0 Å². The standard InChI is InChI=1S/C10H12N2OS/c1-7-9(13)12(2)10(14-7)8-4-3-5-11-6-8/h3-7,10H,1-2H3/t7-,10+/m0/s1. The van der Waals surface area contributed by atoms with Gasteiger partial charge < -0.3 is 4.90 Å². The maximum atomic E-state index is 11.6. The molecule has 2 atom stereocenters. The zero-order valence-electron chi connectivity index (χ0n) is 8.18. The number of carbonyl (C=O) groups excluding carboxylic acids is 1. The molecule has 1 saturated heterocycles. The van der Waals surface area contributed by atoms with Gasteiger partial charge in [0, 0.05) is 25.0 Å². The Balaban J connectivity index is 2.26. The first kappa shape index (κ1) is 9.52. The topological polar surface area (TPSA) is 33.2 Å². The van der Waals surface area contributed by atoms with E-state index in [1.165, 1.54) is 0 Å². The fraction of sp³-hybridized carbons (Fsp3) is 0.400. The first-order valence-corrected chi connectivity index (χ1v) is 5.46. The SMILES string of the molecule is C[C@@H]1S[C@H](c2cccnc2)N(C)C1=O. The number of hydrogen-bond donors (Lipinski definition) is 0. The van der Waals surface area contributed by atoms with Crippen LogP contribution in [0.15, 0.2) is 24.5 Å². The highest BCUT2D eigenvalue weighted by Crippen LogP contribution is 2.41. The lowest BCUT2D eigenvalue weighted by molar-refractivity contribution is -0.128. The minimum Gasteiger partial charge on any atom is -0.329 e. The monoisotopic (exact) mass is 208 g/mol. The molecule has 0 aromatic carbocycles. The van der Waals surface area contributed by atoms with Gasteiger partial charge in [0.05, 0.1) is 5.25 Å². The van der Waals surface area contributed by atoms with Gasteiger partial charge in [0.25, 0.3) is 0 Å². The smallest absolute Gasteiger partial charge is 0.236 e. The van der Waals surface area contributed by atoms with Crippen molar-refractivity contribution in [2.75, 3.05) is 7.05 Å². The molecule has 2 heterocycles. The van der Waals surface area contributed by atoms with Crippen LogP contribution in [0.3, 0.4) is 0 Å². The highest BCUT2D eigenvalue weighted by molar-refractivity contribution is 8.01. The van der Waals surface area contributed by atoms with Crippen LogP contribution in [0.5, 0.6) is 0 Å². The van der Waals surface area contributed by atoms with Gasteiger partial charge in [-0.25, -0.2) is 0 Å². The first-order valence-electron chi connectivity index (χ1n) is 4.52. The van der Waals surface area contributed by atoms with Crippen molar-refractivity contribution in [1.82, 2.24) is 9.88 Å². The number of nitrogens with zero attached hydrogens (tertiary/aromatic N) is 2. The van der Waals surface area contributed by atoms with Gasteiger partial charge >= 0.3 is 0 Å². The molecular weight excluding hydrogens is 196 g/mol. The first-order chi connectivity index (χ1) is 6.70. The molecule has 4 heteroatoms. The summed E-state index contributed by atoms with van der Waals surface area (Å²) in [6.07, 6.45) is 3.56. The van der Waals surface area contributed by atoms with Crippen molar-refractivity contribution in [3.8, 4) is 0 Å². The third-order valence-electron chi connectivity index (χ3n) is 2.35. The van der Waals surface area contributed by atoms with Gasteiger partial charge in [0.15, 0.2) is 0 Å². The summed E-state index contributed by atoms with van der Waals surface area (Å²) in [6.45, 7) is 1.94. The highest BCUT2D eigenvalue weighted by atomic mass is 32.2. The number of amides is 1. The van der Waals surface area contributed by atoms with E-state index in [1.807, 2.05) is 32.3 Å². The molecule has 2 rings (SSSR count). The van der Waals surface area contributed by atoms with E-state index in [1.54, 1.807) is 22.9 Å². The van der Waals surface area contributed by atoms with Crippen LogP contribution in [0.25, 0.3) is 0 Å². The minimum atomic E-state index is 0.0604. The van der Waals surface area contributed by atoms with Crippen molar-refractivity contribution in [2.45, 2.75) is 17.5 Å². The van der Waals surface area contributed by atoms with E-state index in [4.69, 9.17) is 0 Å². The lowest BCUT2D eigenvalue weighted by Crippen LogP contribution is -2.25. The molecule has 1 aromatic heterocycles. The van der Waals surface area contributed by atoms with Crippen molar-refractivity contribution in [3.05, 3.63) is 30.1 Å². The summed E-state index contributed by atoms with van der Waals surface area (Å²) in [4.78, 5) is 17.4. The van der Waals surface area contributed by atoms with E-state index in [0.717, 1.165) is 5.56 Å². The molecule has 1 amide bonds. The molecule has 0 N–H and O–H groups in total. The number of aromatic nitrogens is 1. The summed E-state index contributed by atoms with van der Waals surface area (Å²) in [7, 11) is 1.84. The summed E-state index contributed by atoms with van der Waals surface area (Å²) >= 11 is 1.67. The lowest BCUT2D eigenvalue weighted by atomic mass is 10.2. The second kappa shape index (κ2) is 3.61. The van der Waals surface area contributed by atoms with Gasteiger partial charge in [0.2, 0.25) is 5.91 Å². The van der Waals surface area contributed by atoms with Crippen molar-refractivity contribution in [1.29, 1.82) is 0 Å². The Hall–Kier alpha value is -1.03. The third kappa shape index (κ3) is 1.50. The molecule has 1 aliphatic rings. The highest BCUT2D eigenvalue weighted by Gasteiger charge is 2.35. The van der Waals surface area contributed by atoms with E-state index in [2.05, 4.69) is 4.98 Å². The Labute approximate surface area is 87.5 Å². The van der Waals surface area contributed by atoms with Gasteiger partial charge in [-0.2, -0.15) is 0 Å². The zero-order valence-corrected chi connectivity index (χ0v) is 8.99. The lowest BCUT2D eigenvalue weighted by Gasteiger charge is -2.18. The van der Waals surface area contributed by atoms with Crippen molar-refractivity contribution >= 4 is 17.7 Å². The van der Waals surface area contributed by atoms with Crippen LogP contribution in [0.1, 0.15) is 17.9 Å². The Morgan fingerprint density at radius 1 is 1.57 bits per heavy atom. The number of carbonyl (C=O) groups is 1. The van der Waals surface area contributed by atoms with E-state index < -0.39 is 0 Å². The van der Waals surface area contributed by atoms with Crippen molar-refractivity contribution in [3.63, 3.8) is 0 Å². The van der Waals surface area contributed by atoms with Gasteiger partial charge in [-0.15, -0.1) is 11.8 Å². The van der Waals surface area contributed by atoms with Gasteiger partial charge in [0.1, 0.15) is 5.37 Å². The Kier molecular flexibility index (Phi) is 2.46. The van der Waals surface area contributed by atoms with Gasteiger partial charge in [-0.3, -0.25) is 9.78 Å². The summed E-state index contributed by atoms with van der Waals surface area (Å²) in [6, 6.07) is 3.91. The normalized spacial score (nSPS) is 27.0. The van der Waals surface area contributed by atoms with Crippen LogP contribution >= 0.6 is 11.8 Å². The summed E-state index contributed by atoms with van der Waals surface area (Å²) < 4.78 is 0.